The van der Waals surface area contributed by atoms with E-state index in [0.717, 1.165) is 14.9 Å². The van der Waals surface area contributed by atoms with Crippen LogP contribution in [0.1, 0.15) is 11.1 Å². The molecule has 2 aromatic rings. The van der Waals surface area contributed by atoms with Gasteiger partial charge in [-0.3, -0.25) is 14.9 Å². The number of anilines is 1. The molecule has 0 atom stereocenters. The van der Waals surface area contributed by atoms with Crippen molar-refractivity contribution in [3.63, 3.8) is 0 Å². The first kappa shape index (κ1) is 17.9. The third kappa shape index (κ3) is 3.39. The zero-order valence-electron chi connectivity index (χ0n) is 14.1. The van der Waals surface area contributed by atoms with E-state index >= 15 is 0 Å². The topological polar surface area (TPSA) is 75.7 Å². The Labute approximate surface area is 158 Å². The number of rotatable bonds is 3. The van der Waals surface area contributed by atoms with Gasteiger partial charge in [-0.15, -0.1) is 0 Å². The van der Waals surface area contributed by atoms with Gasteiger partial charge in [-0.2, -0.15) is 0 Å². The van der Waals surface area contributed by atoms with Crippen molar-refractivity contribution >= 4 is 45.5 Å². The summed E-state index contributed by atoms with van der Waals surface area (Å²) in [7, 11) is 1.55. The maximum absolute atomic E-state index is 12.9. The summed E-state index contributed by atoms with van der Waals surface area (Å²) in [6.07, 6.45) is 1.45. The monoisotopic (exact) mass is 414 g/mol. The van der Waals surface area contributed by atoms with E-state index in [-0.39, 0.29) is 5.57 Å². The maximum atomic E-state index is 12.9. The van der Waals surface area contributed by atoms with Gasteiger partial charge in [0.05, 0.1) is 12.8 Å². The van der Waals surface area contributed by atoms with Crippen molar-refractivity contribution in [3.8, 4) is 5.75 Å². The number of carbonyl (C=O) groups is 3. The molecule has 0 radical (unpaired) electrons. The van der Waals surface area contributed by atoms with E-state index in [1.165, 1.54) is 6.08 Å². The molecule has 1 heterocycles. The molecular formula is C19H15BrN2O4. The zero-order chi connectivity index (χ0) is 18.8. The first-order chi connectivity index (χ1) is 12.4. The summed E-state index contributed by atoms with van der Waals surface area (Å²) >= 11 is 3.35. The van der Waals surface area contributed by atoms with Gasteiger partial charge in [-0.1, -0.05) is 28.1 Å². The summed E-state index contributed by atoms with van der Waals surface area (Å²) in [5.41, 5.74) is 1.67. The summed E-state index contributed by atoms with van der Waals surface area (Å²) in [6.45, 7) is 1.78. The Morgan fingerprint density at radius 1 is 1.08 bits per heavy atom. The SMILES string of the molecule is COc1ccc(/C=C2/C(=O)NC(=O)N(c3ccc(Br)cc3C)C2=O)cc1. The third-order valence-corrected chi connectivity index (χ3v) is 4.42. The smallest absolute Gasteiger partial charge is 0.335 e. The van der Waals surface area contributed by atoms with Gasteiger partial charge in [-0.25, -0.2) is 9.69 Å². The minimum Gasteiger partial charge on any atom is -0.497 e. The number of carbonyl (C=O) groups excluding carboxylic acids is 3. The highest BCUT2D eigenvalue weighted by atomic mass is 79.9. The van der Waals surface area contributed by atoms with Crippen molar-refractivity contribution in [2.75, 3.05) is 12.0 Å². The van der Waals surface area contributed by atoms with E-state index < -0.39 is 17.8 Å². The fourth-order valence-electron chi connectivity index (χ4n) is 2.61. The van der Waals surface area contributed by atoms with Gasteiger partial charge in [0.25, 0.3) is 11.8 Å². The Balaban J connectivity index is 2.01. The molecule has 0 spiro atoms. The van der Waals surface area contributed by atoms with Gasteiger partial charge in [0.15, 0.2) is 0 Å². The molecule has 26 heavy (non-hydrogen) atoms. The standard InChI is InChI=1S/C19H15BrN2O4/c1-11-9-13(20)5-8-16(11)22-18(24)15(17(23)21-19(22)25)10-12-3-6-14(26-2)7-4-12/h3-10H,1-2H3,(H,21,23,25)/b15-10-. The molecule has 7 heteroatoms. The van der Waals surface area contributed by atoms with Crippen LogP contribution in [0.25, 0.3) is 6.08 Å². The van der Waals surface area contributed by atoms with Crippen LogP contribution in [0.3, 0.4) is 0 Å². The minimum absolute atomic E-state index is 0.114. The average Bonchev–Trinajstić information content (AvgIpc) is 2.61. The van der Waals surface area contributed by atoms with Crippen LogP contribution in [0.15, 0.2) is 52.5 Å². The van der Waals surface area contributed by atoms with Crippen LogP contribution < -0.4 is 15.0 Å². The number of amides is 4. The second kappa shape index (κ2) is 7.13. The van der Waals surface area contributed by atoms with Crippen molar-refractivity contribution in [1.29, 1.82) is 0 Å². The maximum Gasteiger partial charge on any atom is 0.335 e. The first-order valence-corrected chi connectivity index (χ1v) is 8.51. The quantitative estimate of drug-likeness (QED) is 0.616. The lowest BCUT2D eigenvalue weighted by atomic mass is 10.1. The molecule has 6 nitrogen and oxygen atoms in total. The molecule has 1 aliphatic heterocycles. The molecule has 0 bridgehead atoms. The van der Waals surface area contributed by atoms with Crippen molar-refractivity contribution in [2.24, 2.45) is 0 Å². The highest BCUT2D eigenvalue weighted by molar-refractivity contribution is 9.10. The van der Waals surface area contributed by atoms with E-state index in [2.05, 4.69) is 21.2 Å². The number of ether oxygens (including phenoxy) is 1. The van der Waals surface area contributed by atoms with Crippen LogP contribution in [-0.4, -0.2) is 25.0 Å². The number of nitrogens with one attached hydrogen (secondary N) is 1. The largest absolute Gasteiger partial charge is 0.497 e. The second-order valence-electron chi connectivity index (χ2n) is 5.66. The summed E-state index contributed by atoms with van der Waals surface area (Å²) in [6, 6.07) is 11.3. The normalized spacial score (nSPS) is 16.0. The Morgan fingerprint density at radius 3 is 2.38 bits per heavy atom. The lowest BCUT2D eigenvalue weighted by molar-refractivity contribution is -0.122. The predicted molar refractivity (Wildman–Crippen MR) is 101 cm³/mol. The minimum atomic E-state index is -0.766. The van der Waals surface area contributed by atoms with Crippen LogP contribution >= 0.6 is 15.9 Å². The van der Waals surface area contributed by atoms with Gasteiger partial charge >= 0.3 is 6.03 Å². The van der Waals surface area contributed by atoms with Crippen molar-refractivity contribution in [1.82, 2.24) is 5.32 Å². The average molecular weight is 415 g/mol. The first-order valence-electron chi connectivity index (χ1n) is 7.72. The summed E-state index contributed by atoms with van der Waals surface area (Å²) < 4.78 is 5.92. The molecule has 0 unspecified atom stereocenters. The summed E-state index contributed by atoms with van der Waals surface area (Å²) in [4.78, 5) is 38.3. The molecular weight excluding hydrogens is 400 g/mol. The van der Waals surface area contributed by atoms with Crippen LogP contribution in [0.2, 0.25) is 0 Å². The second-order valence-corrected chi connectivity index (χ2v) is 6.58. The molecule has 0 saturated carbocycles. The number of barbiturate groups is 1. The third-order valence-electron chi connectivity index (χ3n) is 3.93. The Kier molecular flexibility index (Phi) is 4.90. The lowest BCUT2D eigenvalue weighted by Crippen LogP contribution is -2.54. The number of halogens is 1. The fourth-order valence-corrected chi connectivity index (χ4v) is 3.09. The predicted octanol–water partition coefficient (Wildman–Crippen LogP) is 3.43. The van der Waals surface area contributed by atoms with Crippen molar-refractivity contribution in [3.05, 3.63) is 63.6 Å². The van der Waals surface area contributed by atoms with Gasteiger partial charge in [0.2, 0.25) is 0 Å². The number of hydrogen-bond donors (Lipinski definition) is 1. The number of aryl methyl sites for hydroxylation is 1. The Hall–Kier alpha value is -2.93. The number of methoxy groups -OCH3 is 1. The van der Waals surface area contributed by atoms with Gasteiger partial charge in [0.1, 0.15) is 11.3 Å². The molecule has 1 fully saturated rings. The molecule has 0 aromatic heterocycles. The van der Waals surface area contributed by atoms with E-state index in [9.17, 15) is 14.4 Å². The fraction of sp³-hybridized carbons (Fsp3) is 0.105. The van der Waals surface area contributed by atoms with Gasteiger partial charge in [-0.05, 0) is 54.5 Å². The van der Waals surface area contributed by atoms with Gasteiger partial charge < -0.3 is 4.74 Å². The molecule has 0 aliphatic carbocycles. The summed E-state index contributed by atoms with van der Waals surface area (Å²) in [5, 5.41) is 2.22. The Bertz CT molecular complexity index is 935. The van der Waals surface area contributed by atoms with Crippen LogP contribution in [0, 0.1) is 6.92 Å². The Morgan fingerprint density at radius 2 is 1.77 bits per heavy atom. The van der Waals surface area contributed by atoms with Crippen LogP contribution in [0.5, 0.6) is 5.75 Å². The lowest BCUT2D eigenvalue weighted by Gasteiger charge is -2.27. The van der Waals surface area contributed by atoms with Crippen molar-refractivity contribution in [2.45, 2.75) is 6.92 Å². The van der Waals surface area contributed by atoms with E-state index in [1.807, 2.05) is 0 Å². The van der Waals surface area contributed by atoms with Crippen LogP contribution in [0.4, 0.5) is 10.5 Å². The van der Waals surface area contributed by atoms with Crippen LogP contribution in [-0.2, 0) is 9.59 Å². The van der Waals surface area contributed by atoms with Gasteiger partial charge in [0, 0.05) is 4.47 Å². The molecule has 1 aliphatic rings. The van der Waals surface area contributed by atoms with E-state index in [4.69, 9.17) is 4.74 Å². The molecule has 132 valence electrons. The van der Waals surface area contributed by atoms with Crippen molar-refractivity contribution < 1.29 is 19.1 Å². The molecule has 3 rings (SSSR count). The number of imide groups is 2. The molecule has 4 amide bonds. The highest BCUT2D eigenvalue weighted by Crippen LogP contribution is 2.27. The number of benzene rings is 2. The van der Waals surface area contributed by atoms with E-state index in [1.54, 1.807) is 56.5 Å². The number of urea groups is 1. The zero-order valence-corrected chi connectivity index (χ0v) is 15.7. The summed E-state index contributed by atoms with van der Waals surface area (Å²) in [5.74, 6) is -0.726. The molecule has 1 N–H and O–H groups in total. The number of nitrogens with zero attached hydrogens (tertiary/aromatic N) is 1. The molecule has 2 aromatic carbocycles. The van der Waals surface area contributed by atoms with E-state index in [0.29, 0.717) is 17.0 Å². The number of hydrogen-bond acceptors (Lipinski definition) is 4. The molecule has 1 saturated heterocycles. The highest BCUT2D eigenvalue weighted by Gasteiger charge is 2.37.